The van der Waals surface area contributed by atoms with Gasteiger partial charge in [0, 0.05) is 20.2 Å². The molecule has 1 aliphatic rings. The van der Waals surface area contributed by atoms with Crippen LogP contribution in [-0.4, -0.2) is 36.5 Å². The molecule has 1 saturated heterocycles. The predicted octanol–water partition coefficient (Wildman–Crippen LogP) is 0.513. The van der Waals surface area contributed by atoms with Crippen LogP contribution in [0.1, 0.15) is 13.3 Å². The van der Waals surface area contributed by atoms with Gasteiger partial charge in [0.1, 0.15) is 0 Å². The van der Waals surface area contributed by atoms with E-state index in [-0.39, 0.29) is 12.1 Å². The maximum Gasteiger partial charge on any atom is 0.319 e. The fraction of sp³-hybridized carbons (Fsp3) is 0.778. The molecule has 0 radical (unpaired) electrons. The average Bonchev–Trinajstić information content (AvgIpc) is 2.66. The van der Waals surface area contributed by atoms with Gasteiger partial charge in [0.15, 0.2) is 0 Å². The number of aromatic nitrogens is 2. The van der Waals surface area contributed by atoms with E-state index >= 15 is 0 Å². The third-order valence-corrected chi connectivity index (χ3v) is 2.89. The summed E-state index contributed by atoms with van der Waals surface area (Å²) in [5, 5.41) is 7.50. The van der Waals surface area contributed by atoms with Crippen LogP contribution in [0.4, 0.5) is 12.0 Å². The number of nitrogen functional groups attached to an aromatic ring is 1. The molecule has 0 spiro atoms. The topological polar surface area (TPSA) is 77.4 Å². The highest BCUT2D eigenvalue weighted by Crippen LogP contribution is 2.24. The van der Waals surface area contributed by atoms with Crippen molar-refractivity contribution in [3.63, 3.8) is 0 Å². The Morgan fingerprint density at radius 2 is 2.33 bits per heavy atom. The van der Waals surface area contributed by atoms with E-state index in [1.807, 2.05) is 4.90 Å². The van der Waals surface area contributed by atoms with Crippen LogP contribution >= 0.6 is 0 Å². The van der Waals surface area contributed by atoms with Gasteiger partial charge >= 0.3 is 12.0 Å². The molecule has 2 atom stereocenters. The third-order valence-electron chi connectivity index (χ3n) is 2.89. The summed E-state index contributed by atoms with van der Waals surface area (Å²) in [7, 11) is 1.73. The summed E-state index contributed by atoms with van der Waals surface area (Å²) in [5.41, 5.74) is 5.38. The lowest BCUT2D eigenvalue weighted by Crippen LogP contribution is -2.44. The second-order valence-electron chi connectivity index (χ2n) is 3.91. The zero-order chi connectivity index (χ0) is 10.8. The molecule has 1 fully saturated rings. The first-order valence-electron chi connectivity index (χ1n) is 5.07. The van der Waals surface area contributed by atoms with E-state index < -0.39 is 0 Å². The molecule has 0 amide bonds. The highest BCUT2D eigenvalue weighted by atomic mass is 16.5. The van der Waals surface area contributed by atoms with Crippen molar-refractivity contribution in [1.82, 2.24) is 10.2 Å². The van der Waals surface area contributed by atoms with Crippen molar-refractivity contribution in [1.29, 1.82) is 0 Å². The molecule has 0 saturated carbocycles. The normalized spacial score (nSPS) is 26.9. The molecule has 1 aliphatic heterocycles. The molecule has 6 heteroatoms. The smallest absolute Gasteiger partial charge is 0.319 e. The molecule has 84 valence electrons. The van der Waals surface area contributed by atoms with Gasteiger partial charge in [0.05, 0.1) is 6.10 Å². The lowest BCUT2D eigenvalue weighted by atomic mass is 9.96. The molecule has 2 N–H and O–H groups in total. The molecule has 15 heavy (non-hydrogen) atoms. The Labute approximate surface area is 88.4 Å². The van der Waals surface area contributed by atoms with Crippen LogP contribution in [-0.2, 0) is 4.74 Å². The molecule has 1 aromatic heterocycles. The predicted molar refractivity (Wildman–Crippen MR) is 55.5 cm³/mol. The van der Waals surface area contributed by atoms with E-state index in [4.69, 9.17) is 14.9 Å². The number of hydrogen-bond donors (Lipinski definition) is 1. The zero-order valence-corrected chi connectivity index (χ0v) is 9.01. The number of hydrogen-bond acceptors (Lipinski definition) is 6. The van der Waals surface area contributed by atoms with E-state index in [2.05, 4.69) is 17.1 Å². The number of piperidine rings is 1. The maximum atomic E-state index is 5.40. The van der Waals surface area contributed by atoms with Gasteiger partial charge in [0.25, 0.3) is 0 Å². The van der Waals surface area contributed by atoms with Crippen LogP contribution in [0.5, 0.6) is 0 Å². The molecule has 0 bridgehead atoms. The summed E-state index contributed by atoms with van der Waals surface area (Å²) in [6.45, 7) is 3.87. The number of methoxy groups -OCH3 is 1. The highest BCUT2D eigenvalue weighted by molar-refractivity contribution is 5.28. The Morgan fingerprint density at radius 1 is 1.53 bits per heavy atom. The summed E-state index contributed by atoms with van der Waals surface area (Å²) in [5.74, 6) is 0.562. The van der Waals surface area contributed by atoms with Gasteiger partial charge in [-0.3, -0.25) is 0 Å². The van der Waals surface area contributed by atoms with Gasteiger partial charge in [-0.25, -0.2) is 0 Å². The Bertz CT molecular complexity index is 328. The largest absolute Gasteiger partial charge is 0.390 e. The van der Waals surface area contributed by atoms with Gasteiger partial charge in [0.2, 0.25) is 0 Å². The second-order valence-corrected chi connectivity index (χ2v) is 3.91. The van der Waals surface area contributed by atoms with E-state index in [0.717, 1.165) is 19.5 Å². The van der Waals surface area contributed by atoms with Crippen molar-refractivity contribution in [2.45, 2.75) is 19.4 Å². The van der Waals surface area contributed by atoms with E-state index in [1.165, 1.54) is 0 Å². The number of nitrogens with two attached hydrogens (primary N) is 1. The minimum atomic E-state index is 0.109. The summed E-state index contributed by atoms with van der Waals surface area (Å²) in [4.78, 5) is 2.01. The Morgan fingerprint density at radius 3 is 2.93 bits per heavy atom. The average molecular weight is 212 g/mol. The van der Waals surface area contributed by atoms with Crippen molar-refractivity contribution in [2.24, 2.45) is 5.92 Å². The van der Waals surface area contributed by atoms with Gasteiger partial charge in [-0.05, 0) is 12.3 Å². The summed E-state index contributed by atoms with van der Waals surface area (Å²) < 4.78 is 10.6. The van der Waals surface area contributed by atoms with Crippen molar-refractivity contribution in [2.75, 3.05) is 30.8 Å². The lowest BCUT2D eigenvalue weighted by Gasteiger charge is -2.34. The fourth-order valence-electron chi connectivity index (χ4n) is 1.87. The first-order valence-corrected chi connectivity index (χ1v) is 5.07. The molecular weight excluding hydrogens is 196 g/mol. The van der Waals surface area contributed by atoms with Gasteiger partial charge in [-0.15, -0.1) is 0 Å². The van der Waals surface area contributed by atoms with Crippen LogP contribution in [0.15, 0.2) is 4.42 Å². The van der Waals surface area contributed by atoms with E-state index in [9.17, 15) is 0 Å². The molecule has 2 heterocycles. The van der Waals surface area contributed by atoms with Crippen molar-refractivity contribution in [3.8, 4) is 0 Å². The second kappa shape index (κ2) is 4.06. The molecule has 2 unspecified atom stereocenters. The van der Waals surface area contributed by atoms with Crippen molar-refractivity contribution in [3.05, 3.63) is 0 Å². The summed E-state index contributed by atoms with van der Waals surface area (Å²) in [6.07, 6.45) is 1.27. The van der Waals surface area contributed by atoms with Crippen LogP contribution < -0.4 is 10.6 Å². The van der Waals surface area contributed by atoms with E-state index in [1.54, 1.807) is 7.11 Å². The Balaban J connectivity index is 2.06. The third kappa shape index (κ3) is 2.04. The quantitative estimate of drug-likeness (QED) is 0.769. The van der Waals surface area contributed by atoms with Gasteiger partial charge in [-0.1, -0.05) is 17.1 Å². The Kier molecular flexibility index (Phi) is 2.77. The first-order chi connectivity index (χ1) is 7.20. The molecule has 2 rings (SSSR count). The lowest BCUT2D eigenvalue weighted by molar-refractivity contribution is 0.0486. The van der Waals surface area contributed by atoms with Gasteiger partial charge < -0.3 is 19.8 Å². The molecule has 0 aromatic carbocycles. The van der Waals surface area contributed by atoms with Crippen molar-refractivity contribution < 1.29 is 9.15 Å². The molecular formula is C9H16N4O2. The Hall–Kier alpha value is -1.30. The summed E-state index contributed by atoms with van der Waals surface area (Å²) in [6, 6.07) is 0.596. The van der Waals surface area contributed by atoms with Crippen molar-refractivity contribution >= 4 is 12.0 Å². The van der Waals surface area contributed by atoms with Crippen LogP contribution in [0.3, 0.4) is 0 Å². The standard InChI is InChI=1S/C9H16N4O2/c1-6-3-4-13(5-7(6)14-2)9-12-11-8(10)15-9/h6-7H,3-5H2,1-2H3,(H2,10,11). The first kappa shape index (κ1) is 10.2. The molecule has 6 nitrogen and oxygen atoms in total. The van der Waals surface area contributed by atoms with Gasteiger partial charge in [-0.2, -0.15) is 0 Å². The number of ether oxygens (including phenoxy) is 1. The van der Waals surface area contributed by atoms with Crippen LogP contribution in [0, 0.1) is 5.92 Å². The van der Waals surface area contributed by atoms with E-state index in [0.29, 0.717) is 11.9 Å². The fourth-order valence-corrected chi connectivity index (χ4v) is 1.87. The van der Waals surface area contributed by atoms with Crippen LogP contribution in [0.2, 0.25) is 0 Å². The minimum absolute atomic E-state index is 0.109. The monoisotopic (exact) mass is 212 g/mol. The SMILES string of the molecule is COC1CN(c2nnc(N)o2)CCC1C. The number of anilines is 2. The maximum absolute atomic E-state index is 5.40. The number of rotatable bonds is 2. The van der Waals surface area contributed by atoms with Crippen LogP contribution in [0.25, 0.3) is 0 Å². The molecule has 1 aromatic rings. The molecule has 0 aliphatic carbocycles. The zero-order valence-electron chi connectivity index (χ0n) is 9.01. The number of nitrogens with zero attached hydrogens (tertiary/aromatic N) is 3. The summed E-state index contributed by atoms with van der Waals surface area (Å²) >= 11 is 0. The highest BCUT2D eigenvalue weighted by Gasteiger charge is 2.28. The minimum Gasteiger partial charge on any atom is -0.390 e.